The van der Waals surface area contributed by atoms with Gasteiger partial charge in [0.2, 0.25) is 0 Å². The molecule has 1 saturated heterocycles. The lowest BCUT2D eigenvalue weighted by molar-refractivity contribution is 0.0106. The van der Waals surface area contributed by atoms with Gasteiger partial charge >= 0.3 is 0 Å². The Morgan fingerprint density at radius 1 is 1.36 bits per heavy atom. The Morgan fingerprint density at radius 2 is 2.07 bits per heavy atom. The molecule has 1 aliphatic carbocycles. The zero-order valence-electron chi connectivity index (χ0n) is 8.58. The lowest BCUT2D eigenvalue weighted by atomic mass is 10.0. The molecule has 0 spiro atoms. The highest BCUT2D eigenvalue weighted by Crippen LogP contribution is 2.32. The molecule has 0 bridgehead atoms. The molecular formula is C11H18N2O. The van der Waals surface area contributed by atoms with Gasteiger partial charge in [-0.05, 0) is 32.2 Å². The van der Waals surface area contributed by atoms with Crippen molar-refractivity contribution in [1.82, 2.24) is 4.90 Å². The quantitative estimate of drug-likeness (QED) is 0.720. The van der Waals surface area contributed by atoms with Crippen LogP contribution in [0.15, 0.2) is 0 Å². The Bertz CT molecular complexity index is 240. The van der Waals surface area contributed by atoms with Crippen LogP contribution in [0.5, 0.6) is 0 Å². The minimum Gasteiger partial charge on any atom is -0.389 e. The van der Waals surface area contributed by atoms with Crippen molar-refractivity contribution in [2.24, 2.45) is 0 Å². The van der Waals surface area contributed by atoms with E-state index in [-0.39, 0.29) is 6.04 Å². The van der Waals surface area contributed by atoms with Gasteiger partial charge in [0.1, 0.15) is 0 Å². The molecule has 0 aromatic heterocycles. The summed E-state index contributed by atoms with van der Waals surface area (Å²) in [5, 5.41) is 19.1. The number of β-amino-alcohol motifs (C(OH)–C–C–N with tert-alkyl or cyclic N) is 1. The van der Waals surface area contributed by atoms with Crippen LogP contribution in [-0.4, -0.2) is 34.7 Å². The van der Waals surface area contributed by atoms with Gasteiger partial charge in [0.05, 0.1) is 17.7 Å². The maximum atomic E-state index is 10.2. The fourth-order valence-corrected chi connectivity index (χ4v) is 2.73. The monoisotopic (exact) mass is 194 g/mol. The molecule has 3 nitrogen and oxygen atoms in total. The summed E-state index contributed by atoms with van der Waals surface area (Å²) in [5.41, 5.74) is -0.487. The number of aliphatic hydroxyl groups is 1. The van der Waals surface area contributed by atoms with Crippen molar-refractivity contribution < 1.29 is 5.11 Å². The number of nitriles is 1. The summed E-state index contributed by atoms with van der Waals surface area (Å²) in [6, 6.07) is 2.38. The van der Waals surface area contributed by atoms with E-state index < -0.39 is 5.60 Å². The van der Waals surface area contributed by atoms with Crippen LogP contribution in [-0.2, 0) is 0 Å². The largest absolute Gasteiger partial charge is 0.389 e. The Kier molecular flexibility index (Phi) is 2.76. The molecular weight excluding hydrogens is 176 g/mol. The molecule has 14 heavy (non-hydrogen) atoms. The van der Waals surface area contributed by atoms with E-state index in [9.17, 15) is 5.11 Å². The lowest BCUT2D eigenvalue weighted by Gasteiger charge is -2.29. The molecule has 1 aliphatic heterocycles. The van der Waals surface area contributed by atoms with Crippen molar-refractivity contribution in [2.75, 3.05) is 13.1 Å². The molecule has 1 atom stereocenters. The normalized spacial score (nSPS) is 31.9. The van der Waals surface area contributed by atoms with Gasteiger partial charge in [0.15, 0.2) is 0 Å². The number of rotatable bonds is 2. The first-order valence-corrected chi connectivity index (χ1v) is 5.60. The van der Waals surface area contributed by atoms with E-state index in [0.717, 1.165) is 45.1 Å². The van der Waals surface area contributed by atoms with Crippen LogP contribution in [0.2, 0.25) is 0 Å². The van der Waals surface area contributed by atoms with E-state index >= 15 is 0 Å². The lowest BCUT2D eigenvalue weighted by Crippen LogP contribution is -2.42. The zero-order valence-corrected chi connectivity index (χ0v) is 8.58. The molecule has 2 aliphatic rings. The van der Waals surface area contributed by atoms with E-state index in [1.54, 1.807) is 0 Å². The average molecular weight is 194 g/mol. The number of hydrogen-bond donors (Lipinski definition) is 1. The van der Waals surface area contributed by atoms with E-state index in [2.05, 4.69) is 11.0 Å². The van der Waals surface area contributed by atoms with E-state index in [4.69, 9.17) is 5.26 Å². The summed E-state index contributed by atoms with van der Waals surface area (Å²) in [5.74, 6) is 0. The van der Waals surface area contributed by atoms with Gasteiger partial charge in [-0.1, -0.05) is 12.8 Å². The smallest absolute Gasteiger partial charge is 0.0979 e. The molecule has 0 radical (unpaired) electrons. The van der Waals surface area contributed by atoms with Gasteiger partial charge in [-0.3, -0.25) is 4.90 Å². The third kappa shape index (κ3) is 1.92. The van der Waals surface area contributed by atoms with Crippen LogP contribution in [0, 0.1) is 11.3 Å². The Morgan fingerprint density at radius 3 is 2.71 bits per heavy atom. The molecule has 78 valence electrons. The van der Waals surface area contributed by atoms with Gasteiger partial charge in [-0.2, -0.15) is 5.26 Å². The van der Waals surface area contributed by atoms with Crippen LogP contribution >= 0.6 is 0 Å². The first-order chi connectivity index (χ1) is 6.73. The minimum atomic E-state index is -0.487. The number of likely N-dealkylation sites (tertiary alicyclic amines) is 1. The summed E-state index contributed by atoms with van der Waals surface area (Å²) in [6.07, 6.45) is 6.20. The Hall–Kier alpha value is -0.590. The highest BCUT2D eigenvalue weighted by Gasteiger charge is 2.36. The second-order valence-electron chi connectivity index (χ2n) is 4.69. The molecule has 1 N–H and O–H groups in total. The Balaban J connectivity index is 1.93. The standard InChI is InChI=1S/C11H18N2O/c12-8-10-4-3-7-13(10)9-11(14)5-1-2-6-11/h10,14H,1-7,9H2. The molecule has 0 amide bonds. The summed E-state index contributed by atoms with van der Waals surface area (Å²) >= 11 is 0. The minimum absolute atomic E-state index is 0.0552. The van der Waals surface area contributed by atoms with Crippen molar-refractivity contribution in [3.8, 4) is 6.07 Å². The summed E-state index contributed by atoms with van der Waals surface area (Å²) in [4.78, 5) is 2.16. The molecule has 3 heteroatoms. The van der Waals surface area contributed by atoms with Gasteiger partial charge < -0.3 is 5.11 Å². The SMILES string of the molecule is N#CC1CCCN1CC1(O)CCCC1. The first kappa shape index (κ1) is 9.95. The second-order valence-corrected chi connectivity index (χ2v) is 4.69. The predicted molar refractivity (Wildman–Crippen MR) is 53.6 cm³/mol. The van der Waals surface area contributed by atoms with Crippen molar-refractivity contribution in [1.29, 1.82) is 5.26 Å². The highest BCUT2D eigenvalue weighted by atomic mass is 16.3. The molecule has 1 heterocycles. The van der Waals surface area contributed by atoms with Crippen molar-refractivity contribution >= 4 is 0 Å². The summed E-state index contributed by atoms with van der Waals surface area (Å²) < 4.78 is 0. The van der Waals surface area contributed by atoms with Crippen LogP contribution in [0.4, 0.5) is 0 Å². The van der Waals surface area contributed by atoms with Crippen LogP contribution in [0.3, 0.4) is 0 Å². The predicted octanol–water partition coefficient (Wildman–Crippen LogP) is 1.28. The van der Waals surface area contributed by atoms with E-state index in [0.29, 0.717) is 6.54 Å². The maximum absolute atomic E-state index is 10.2. The molecule has 0 aromatic rings. The average Bonchev–Trinajstić information content (AvgIpc) is 2.75. The summed E-state index contributed by atoms with van der Waals surface area (Å²) in [6.45, 7) is 1.70. The second kappa shape index (κ2) is 3.88. The van der Waals surface area contributed by atoms with Crippen LogP contribution in [0.1, 0.15) is 38.5 Å². The highest BCUT2D eigenvalue weighted by molar-refractivity contribution is 4.99. The fourth-order valence-electron chi connectivity index (χ4n) is 2.73. The maximum Gasteiger partial charge on any atom is 0.0979 e. The van der Waals surface area contributed by atoms with Gasteiger partial charge in [-0.25, -0.2) is 0 Å². The third-order valence-electron chi connectivity index (χ3n) is 3.54. The van der Waals surface area contributed by atoms with Gasteiger partial charge in [0, 0.05) is 6.54 Å². The molecule has 1 saturated carbocycles. The zero-order chi connectivity index (χ0) is 10.0. The van der Waals surface area contributed by atoms with Crippen molar-refractivity contribution in [2.45, 2.75) is 50.2 Å². The van der Waals surface area contributed by atoms with Crippen LogP contribution in [0.25, 0.3) is 0 Å². The fraction of sp³-hybridized carbons (Fsp3) is 0.909. The van der Waals surface area contributed by atoms with Gasteiger partial charge in [0.25, 0.3) is 0 Å². The topological polar surface area (TPSA) is 47.3 Å². The molecule has 0 aromatic carbocycles. The number of nitrogens with zero attached hydrogens (tertiary/aromatic N) is 2. The summed E-state index contributed by atoms with van der Waals surface area (Å²) in [7, 11) is 0. The Labute approximate surface area is 85.3 Å². The number of hydrogen-bond acceptors (Lipinski definition) is 3. The molecule has 2 fully saturated rings. The first-order valence-electron chi connectivity index (χ1n) is 5.60. The van der Waals surface area contributed by atoms with Crippen molar-refractivity contribution in [3.05, 3.63) is 0 Å². The van der Waals surface area contributed by atoms with Crippen LogP contribution < -0.4 is 0 Å². The van der Waals surface area contributed by atoms with E-state index in [1.165, 1.54) is 0 Å². The van der Waals surface area contributed by atoms with Gasteiger partial charge in [-0.15, -0.1) is 0 Å². The third-order valence-corrected chi connectivity index (χ3v) is 3.54. The molecule has 2 rings (SSSR count). The molecule has 1 unspecified atom stereocenters. The van der Waals surface area contributed by atoms with E-state index in [1.807, 2.05) is 0 Å². The van der Waals surface area contributed by atoms with Crippen molar-refractivity contribution in [3.63, 3.8) is 0 Å².